The first-order valence-electron chi connectivity index (χ1n) is 43.4. The molecule has 0 saturated carbocycles. The maximum absolute atomic E-state index is 10.9. The van der Waals surface area contributed by atoms with Crippen LogP contribution in [0.2, 0.25) is 0 Å². The van der Waals surface area contributed by atoms with Crippen LogP contribution in [0.1, 0.15) is 151 Å². The van der Waals surface area contributed by atoms with Crippen molar-refractivity contribution in [1.82, 2.24) is 9.55 Å². The van der Waals surface area contributed by atoms with Gasteiger partial charge in [0.25, 0.3) is 0 Å². The van der Waals surface area contributed by atoms with Gasteiger partial charge in [-0.05, 0) is 144 Å². The number of hydrogen-bond donors (Lipinski definition) is 0. The van der Waals surface area contributed by atoms with Gasteiger partial charge in [-0.2, -0.15) is 0 Å². The summed E-state index contributed by atoms with van der Waals surface area (Å²) in [5.41, 5.74) is -14.8. The van der Waals surface area contributed by atoms with Crippen molar-refractivity contribution in [1.29, 1.82) is 0 Å². The maximum atomic E-state index is 10.9. The average molecular weight is 1120 g/mol. The molecular formula is C76H74N4OSi. The highest BCUT2D eigenvalue weighted by molar-refractivity contribution is 7.20. The van der Waals surface area contributed by atoms with Crippen LogP contribution in [0.4, 0.5) is 22.7 Å². The highest BCUT2D eigenvalue weighted by atomic mass is 28.3. The minimum absolute atomic E-state index is 0.0202. The first kappa shape index (κ1) is 27.1. The van der Waals surface area contributed by atoms with Crippen molar-refractivity contribution in [2.45, 2.75) is 103 Å². The molecule has 0 atom stereocenters. The Morgan fingerprint density at radius 1 is 0.549 bits per heavy atom. The second-order valence-corrected chi connectivity index (χ2v) is 26.0. The van der Waals surface area contributed by atoms with Crippen molar-refractivity contribution in [2.75, 3.05) is 16.5 Å². The second-order valence-electron chi connectivity index (χ2n) is 22.4. The lowest BCUT2D eigenvalue weighted by molar-refractivity contribution is 0.332. The zero-order valence-electron chi connectivity index (χ0n) is 79.5. The van der Waals surface area contributed by atoms with Crippen LogP contribution in [0, 0.1) is 0 Å². The van der Waals surface area contributed by atoms with Crippen LogP contribution >= 0.6 is 0 Å². The van der Waals surface area contributed by atoms with Crippen molar-refractivity contribution in [2.24, 2.45) is 0 Å². The quantitative estimate of drug-likeness (QED) is 0.101. The molecule has 0 radical (unpaired) electrons. The number of nitrogens with zero attached hydrogens (tertiary/aromatic N) is 4. The van der Waals surface area contributed by atoms with Crippen molar-refractivity contribution in [3.8, 4) is 28.4 Å². The van der Waals surface area contributed by atoms with E-state index < -0.39 is 229 Å². The summed E-state index contributed by atoms with van der Waals surface area (Å²) in [6, 6.07) is 9.18. The predicted octanol–water partition coefficient (Wildman–Crippen LogP) is 17.2. The molecule has 11 aromatic rings. The Kier molecular flexibility index (Phi) is 6.58. The lowest BCUT2D eigenvalue weighted by Crippen LogP contribution is -2.75. The molecule has 13 rings (SSSR count). The SMILES string of the molecule is [2H]c1c([2H])c([2H])c([Si](c2cc(C(C)(C)C)cc(-c3c([2H])c([2H])c4c(c3[2H])C(C([2H])([2H])[2H])(C([2H])([2H])[2H])C([2H])([2H])C([2H])([2H])C4(C([2H])([2H])[2H])C([2H])([2H])[2H])c2N2CN(c3cccc(Oc4ccc5c6ccccc6n(-c6cc(C(C)(C)C)ccn6)c5c4)c3)c3ccccc32)(c2c([2H])c([2H])c([2H])c([2H])c2[2H])c2c([2H])c([2H])c([2H])c([2H])c2[2H])c([2H])c1[2H]. The lowest BCUT2D eigenvalue weighted by atomic mass is 9.63. The van der Waals surface area contributed by atoms with Crippen molar-refractivity contribution >= 4 is 73.4 Å². The van der Waals surface area contributed by atoms with E-state index in [1.807, 2.05) is 53.1 Å². The summed E-state index contributed by atoms with van der Waals surface area (Å²) in [4.78, 5) is 7.77. The van der Waals surface area contributed by atoms with Gasteiger partial charge in [-0.3, -0.25) is 4.57 Å². The number of ether oxygens (including phenoxy) is 1. The number of para-hydroxylation sites is 3. The van der Waals surface area contributed by atoms with E-state index in [1.54, 1.807) is 53.6 Å². The van der Waals surface area contributed by atoms with Gasteiger partial charge in [-0.25, -0.2) is 4.98 Å². The van der Waals surface area contributed by atoms with Gasteiger partial charge in [0, 0.05) is 62.3 Å². The number of pyridine rings is 1. The van der Waals surface area contributed by atoms with Gasteiger partial charge in [0.05, 0.1) is 52.8 Å². The summed E-state index contributed by atoms with van der Waals surface area (Å²) >= 11 is 0. The Bertz CT molecular complexity index is 5710. The topological polar surface area (TPSA) is 33.5 Å². The second kappa shape index (κ2) is 19.9. The molecule has 2 aromatic heterocycles. The van der Waals surface area contributed by atoms with Gasteiger partial charge in [0.2, 0.25) is 0 Å². The highest BCUT2D eigenvalue weighted by Crippen LogP contribution is 2.51. The molecule has 5 nitrogen and oxygen atoms in total. The van der Waals surface area contributed by atoms with Gasteiger partial charge in [0.15, 0.2) is 8.07 Å². The highest BCUT2D eigenvalue weighted by Gasteiger charge is 2.47. The molecule has 0 spiro atoms. The van der Waals surface area contributed by atoms with Crippen LogP contribution in [0.15, 0.2) is 230 Å². The molecule has 1 aliphatic carbocycles. The molecule has 0 bridgehead atoms. The van der Waals surface area contributed by atoms with Crippen molar-refractivity contribution < 1.29 is 51.3 Å². The summed E-state index contributed by atoms with van der Waals surface area (Å²) in [6.07, 6.45) is -7.90. The van der Waals surface area contributed by atoms with E-state index in [0.29, 0.717) is 17.1 Å². The fraction of sp³-hybridized carbons (Fsp3) is 0.224. The molecule has 6 heteroatoms. The largest absolute Gasteiger partial charge is 0.457 e. The fourth-order valence-corrected chi connectivity index (χ4v) is 15.1. The number of fused-ring (bicyclic) bond motifs is 5. The zero-order valence-corrected chi connectivity index (χ0v) is 46.5. The van der Waals surface area contributed by atoms with E-state index in [0.717, 1.165) is 27.9 Å². The molecule has 9 aromatic carbocycles. The number of benzene rings is 9. The Morgan fingerprint density at radius 2 is 1.15 bits per heavy atom. The predicted molar refractivity (Wildman–Crippen MR) is 349 cm³/mol. The average Bonchev–Trinajstić information content (AvgIpc) is 0.634. The standard InChI is InChI=1S/C76H74N4OSi/c1-73(2,3)53-41-44-77-71(48-53)80-66-34-21-20-33-61(66)62-39-38-57(50-69(62)80)81-56-26-24-25-55(49-56)78-51-79(68-36-23-22-35-67(68)78)72-63(52-37-40-64-65(45-52)76(9,10)43-42-75(64,7)8)46-54(74(4,5)6)47-70(72)82(58-27-14-11-15-28-58,59-29-16-12-17-30-59)60-31-18-13-19-32-60/h11-41,44-50H,42-43,51H2,1-10H3/i7D3,8D3,9D3,10D3,11D,12D,13D,14D,15D,16D,17D,18D,19D,27D,28D,29D,30D,31D,32D,37D,40D,42D2,43D2,45D. The molecule has 3 heterocycles. The molecule has 408 valence electrons. The Labute approximate surface area is 534 Å². The van der Waals surface area contributed by atoms with E-state index in [1.165, 1.54) is 43.9 Å². The summed E-state index contributed by atoms with van der Waals surface area (Å²) in [7, 11) is -6.62. The Balaban J connectivity index is 1.24. The lowest BCUT2D eigenvalue weighted by Gasteiger charge is -2.42. The van der Waals surface area contributed by atoms with Crippen LogP contribution < -0.4 is 35.3 Å². The number of hydrogen-bond acceptors (Lipinski definition) is 4. The maximum Gasteiger partial charge on any atom is 0.181 e. The molecule has 0 unspecified atom stereocenters. The van der Waals surface area contributed by atoms with Gasteiger partial charge < -0.3 is 14.5 Å². The summed E-state index contributed by atoms with van der Waals surface area (Å²) in [6.45, 7) is -8.02. The summed E-state index contributed by atoms with van der Waals surface area (Å²) in [5.74, 6) is 1.14. The van der Waals surface area contributed by atoms with E-state index in [9.17, 15) is 34.3 Å². The van der Waals surface area contributed by atoms with Crippen molar-refractivity contribution in [3.63, 3.8) is 0 Å². The number of aromatic nitrogens is 2. The summed E-state index contributed by atoms with van der Waals surface area (Å²) < 4.78 is 336. The van der Waals surface area contributed by atoms with Gasteiger partial charge in [-0.15, -0.1) is 0 Å². The molecule has 0 N–H and O–H groups in total. The van der Waals surface area contributed by atoms with E-state index >= 15 is 0 Å². The molecule has 2 aliphatic rings. The van der Waals surface area contributed by atoms with E-state index in [-0.39, 0.29) is 33.8 Å². The molecule has 1 aliphatic heterocycles. The molecule has 82 heavy (non-hydrogen) atoms. The van der Waals surface area contributed by atoms with Gasteiger partial charge in [0.1, 0.15) is 24.0 Å². The molecular weight excluding hydrogens is 1010 g/mol. The van der Waals surface area contributed by atoms with Gasteiger partial charge in [-0.1, -0.05) is 220 Å². The van der Waals surface area contributed by atoms with Crippen LogP contribution in [0.25, 0.3) is 38.8 Å². The number of rotatable bonds is 10. The Morgan fingerprint density at radius 3 is 1.79 bits per heavy atom. The third kappa shape index (κ3) is 9.03. The smallest absolute Gasteiger partial charge is 0.181 e. The summed E-state index contributed by atoms with van der Waals surface area (Å²) in [5, 5.41) is -2.15. The van der Waals surface area contributed by atoms with E-state index in [2.05, 4.69) is 20.8 Å². The first-order valence-corrected chi connectivity index (χ1v) is 28.4. The normalized spacial score (nSPS) is 22.8. The fourth-order valence-electron chi connectivity index (χ4n) is 11.1. The molecule has 0 amide bonds. The Hall–Kier alpha value is -8.45. The molecule has 0 saturated heterocycles. The third-order valence-electron chi connectivity index (χ3n) is 15.1. The van der Waals surface area contributed by atoms with Gasteiger partial charge >= 0.3 is 0 Å². The molecule has 0 fully saturated rings. The van der Waals surface area contributed by atoms with Crippen LogP contribution in [0.3, 0.4) is 0 Å². The third-order valence-corrected chi connectivity index (χ3v) is 19.3. The van der Waals surface area contributed by atoms with E-state index in [4.69, 9.17) is 22.1 Å². The van der Waals surface area contributed by atoms with Crippen LogP contribution in [0.5, 0.6) is 11.5 Å². The zero-order chi connectivity index (χ0) is 86.0. The minimum atomic E-state index is -6.62. The first-order chi connectivity index (χ1) is 53.4. The monoisotopic (exact) mass is 1120 g/mol. The van der Waals surface area contributed by atoms with Crippen LogP contribution in [-0.2, 0) is 21.7 Å². The van der Waals surface area contributed by atoms with Crippen LogP contribution in [-0.4, -0.2) is 24.3 Å². The number of anilines is 4. The minimum Gasteiger partial charge on any atom is -0.457 e. The van der Waals surface area contributed by atoms with Crippen molar-refractivity contribution in [3.05, 3.63) is 252 Å².